The van der Waals surface area contributed by atoms with Crippen LogP contribution in [0.3, 0.4) is 0 Å². The molecule has 0 aromatic heterocycles. The number of rotatable bonds is 6. The molecule has 0 aliphatic heterocycles. The summed E-state index contributed by atoms with van der Waals surface area (Å²) in [7, 11) is 1.67. The van der Waals surface area contributed by atoms with Gasteiger partial charge in [-0.2, -0.15) is 0 Å². The van der Waals surface area contributed by atoms with E-state index >= 15 is 0 Å². The molecular formula is C31H34O4. The number of hydrogen-bond acceptors (Lipinski definition) is 3. The first-order valence-electron chi connectivity index (χ1n) is 12.0. The molecule has 0 amide bonds. The second-order valence-electron chi connectivity index (χ2n) is 10.7. The summed E-state index contributed by atoms with van der Waals surface area (Å²) in [6, 6.07) is 19.0. The zero-order valence-corrected chi connectivity index (χ0v) is 21.1. The van der Waals surface area contributed by atoms with Crippen molar-refractivity contribution in [3.05, 3.63) is 94.6 Å². The lowest BCUT2D eigenvalue weighted by atomic mass is 9.61. The molecule has 0 radical (unpaired) electrons. The summed E-state index contributed by atoms with van der Waals surface area (Å²) in [5.41, 5.74) is 6.84. The topological polar surface area (TPSA) is 66.8 Å². The van der Waals surface area contributed by atoms with E-state index in [9.17, 15) is 9.90 Å². The maximum atomic E-state index is 11.2. The molecule has 1 aliphatic carbocycles. The standard InChI is InChI=1S/C31H34O4/c1-30(2)16-17-31(3,4)28-25(21-11-13-24(35-5)14-12-21)18-23(19-26(28)30)27(32)15-8-20-6-9-22(10-7-20)29(33)34/h6-15,18-19,27,32H,16-17H2,1-5H3,(H,33,34). The third-order valence-electron chi connectivity index (χ3n) is 7.31. The highest BCUT2D eigenvalue weighted by Crippen LogP contribution is 2.50. The number of fused-ring (bicyclic) bond motifs is 1. The maximum absolute atomic E-state index is 11.2. The first kappa shape index (κ1) is 24.7. The van der Waals surface area contributed by atoms with Crippen molar-refractivity contribution >= 4 is 12.0 Å². The number of carboxylic acid groups (broad SMARTS) is 1. The van der Waals surface area contributed by atoms with Gasteiger partial charge in [0.05, 0.1) is 18.8 Å². The van der Waals surface area contributed by atoms with Crippen LogP contribution in [0.4, 0.5) is 0 Å². The van der Waals surface area contributed by atoms with Crippen molar-refractivity contribution in [2.24, 2.45) is 0 Å². The molecule has 0 spiro atoms. The summed E-state index contributed by atoms with van der Waals surface area (Å²) >= 11 is 0. The molecule has 1 aliphatic rings. The van der Waals surface area contributed by atoms with Crippen molar-refractivity contribution < 1.29 is 19.7 Å². The number of carbonyl (C=O) groups is 1. The minimum absolute atomic E-state index is 0.00180. The van der Waals surface area contributed by atoms with Gasteiger partial charge >= 0.3 is 5.97 Å². The van der Waals surface area contributed by atoms with Gasteiger partial charge in [-0.3, -0.25) is 0 Å². The molecule has 4 heteroatoms. The highest BCUT2D eigenvalue weighted by Gasteiger charge is 2.39. The van der Waals surface area contributed by atoms with Gasteiger partial charge in [-0.15, -0.1) is 0 Å². The van der Waals surface area contributed by atoms with Gasteiger partial charge in [0.1, 0.15) is 5.75 Å². The van der Waals surface area contributed by atoms with Gasteiger partial charge in [-0.05, 0) is 87.4 Å². The Morgan fingerprint density at radius 2 is 1.57 bits per heavy atom. The maximum Gasteiger partial charge on any atom is 0.335 e. The Hall–Kier alpha value is -3.37. The molecule has 1 atom stereocenters. The number of carboxylic acids is 1. The minimum atomic E-state index is -0.953. The van der Waals surface area contributed by atoms with Crippen molar-refractivity contribution in [2.75, 3.05) is 7.11 Å². The van der Waals surface area contributed by atoms with Crippen LogP contribution in [0.25, 0.3) is 17.2 Å². The van der Waals surface area contributed by atoms with Crippen LogP contribution in [0.1, 0.15) is 79.3 Å². The van der Waals surface area contributed by atoms with E-state index in [4.69, 9.17) is 9.84 Å². The number of hydrogen-bond donors (Lipinski definition) is 2. The van der Waals surface area contributed by atoms with Crippen LogP contribution in [0.2, 0.25) is 0 Å². The molecule has 182 valence electrons. The van der Waals surface area contributed by atoms with Crippen LogP contribution in [0, 0.1) is 0 Å². The molecule has 0 saturated carbocycles. The molecule has 4 nitrogen and oxygen atoms in total. The van der Waals surface area contributed by atoms with Crippen LogP contribution in [-0.4, -0.2) is 23.3 Å². The summed E-state index contributed by atoms with van der Waals surface area (Å²) < 4.78 is 5.37. The van der Waals surface area contributed by atoms with E-state index in [1.54, 1.807) is 37.5 Å². The summed E-state index contributed by atoms with van der Waals surface area (Å²) in [5, 5.41) is 20.3. The third-order valence-corrected chi connectivity index (χ3v) is 7.31. The van der Waals surface area contributed by atoms with E-state index in [-0.39, 0.29) is 16.4 Å². The van der Waals surface area contributed by atoms with Gasteiger partial charge in [-0.25, -0.2) is 4.79 Å². The number of aliphatic hydroxyl groups excluding tert-OH is 1. The largest absolute Gasteiger partial charge is 0.497 e. The predicted molar refractivity (Wildman–Crippen MR) is 141 cm³/mol. The van der Waals surface area contributed by atoms with E-state index in [0.717, 1.165) is 40.8 Å². The Kier molecular flexibility index (Phi) is 6.61. The average Bonchev–Trinajstić information content (AvgIpc) is 2.85. The number of aromatic carboxylic acids is 1. The highest BCUT2D eigenvalue weighted by atomic mass is 16.5. The van der Waals surface area contributed by atoms with Crippen molar-refractivity contribution in [3.63, 3.8) is 0 Å². The monoisotopic (exact) mass is 470 g/mol. The van der Waals surface area contributed by atoms with Crippen LogP contribution in [0.15, 0.2) is 66.7 Å². The zero-order chi connectivity index (χ0) is 25.4. The molecular weight excluding hydrogens is 436 g/mol. The molecule has 0 bridgehead atoms. The van der Waals surface area contributed by atoms with Gasteiger partial charge in [-0.1, -0.05) is 70.2 Å². The van der Waals surface area contributed by atoms with Crippen molar-refractivity contribution in [1.29, 1.82) is 0 Å². The molecule has 35 heavy (non-hydrogen) atoms. The van der Waals surface area contributed by atoms with E-state index in [2.05, 4.69) is 52.0 Å². The molecule has 0 fully saturated rings. The lowest BCUT2D eigenvalue weighted by molar-refractivity contribution is 0.0697. The first-order chi connectivity index (χ1) is 16.5. The second-order valence-corrected chi connectivity index (χ2v) is 10.7. The SMILES string of the molecule is COc1ccc(-c2cc(C(O)C=Cc3ccc(C(=O)O)cc3)cc3c2C(C)(C)CCC3(C)C)cc1. The Morgan fingerprint density at radius 3 is 2.17 bits per heavy atom. The van der Waals surface area contributed by atoms with E-state index in [1.165, 1.54) is 11.1 Å². The summed E-state index contributed by atoms with van der Waals surface area (Å²) in [6.45, 7) is 9.19. The van der Waals surface area contributed by atoms with Gasteiger partial charge in [0.2, 0.25) is 0 Å². The summed E-state index contributed by atoms with van der Waals surface area (Å²) in [5.74, 6) is -0.138. The lowest BCUT2D eigenvalue weighted by Gasteiger charge is -2.43. The molecule has 3 aromatic rings. The molecule has 3 aromatic carbocycles. The first-order valence-corrected chi connectivity index (χ1v) is 12.0. The fraction of sp³-hybridized carbons (Fsp3) is 0.323. The smallest absolute Gasteiger partial charge is 0.335 e. The Balaban J connectivity index is 1.79. The van der Waals surface area contributed by atoms with E-state index < -0.39 is 12.1 Å². The number of aliphatic hydroxyl groups is 1. The fourth-order valence-corrected chi connectivity index (χ4v) is 5.03. The normalized spacial score (nSPS) is 17.1. The van der Waals surface area contributed by atoms with E-state index in [1.807, 2.05) is 18.2 Å². The zero-order valence-electron chi connectivity index (χ0n) is 21.1. The lowest BCUT2D eigenvalue weighted by Crippen LogP contribution is -2.34. The quantitative estimate of drug-likeness (QED) is 0.401. The number of methoxy groups -OCH3 is 1. The Bertz CT molecular complexity index is 1250. The molecule has 0 heterocycles. The average molecular weight is 471 g/mol. The van der Waals surface area contributed by atoms with Crippen molar-refractivity contribution in [2.45, 2.75) is 57.5 Å². The summed E-state index contributed by atoms with van der Waals surface area (Å²) in [4.78, 5) is 11.1. The van der Waals surface area contributed by atoms with Crippen LogP contribution in [0.5, 0.6) is 5.75 Å². The molecule has 0 saturated heterocycles. The van der Waals surface area contributed by atoms with Gasteiger partial charge in [0, 0.05) is 0 Å². The van der Waals surface area contributed by atoms with Crippen LogP contribution < -0.4 is 4.74 Å². The minimum Gasteiger partial charge on any atom is -0.497 e. The van der Waals surface area contributed by atoms with Gasteiger partial charge in [0.15, 0.2) is 0 Å². The number of ether oxygens (including phenoxy) is 1. The molecule has 1 unspecified atom stereocenters. The molecule has 2 N–H and O–H groups in total. The molecule has 4 rings (SSSR count). The third kappa shape index (κ3) is 5.03. The van der Waals surface area contributed by atoms with Gasteiger partial charge in [0.25, 0.3) is 0 Å². The van der Waals surface area contributed by atoms with Crippen molar-refractivity contribution in [3.8, 4) is 16.9 Å². The van der Waals surface area contributed by atoms with E-state index in [0.29, 0.717) is 0 Å². The van der Waals surface area contributed by atoms with Crippen molar-refractivity contribution in [1.82, 2.24) is 0 Å². The van der Waals surface area contributed by atoms with Crippen LogP contribution >= 0.6 is 0 Å². The Labute approximate surface area is 207 Å². The second kappa shape index (κ2) is 9.35. The predicted octanol–water partition coefficient (Wildman–Crippen LogP) is 7.16. The number of benzene rings is 3. The van der Waals surface area contributed by atoms with Gasteiger partial charge < -0.3 is 14.9 Å². The summed E-state index contributed by atoms with van der Waals surface area (Å²) in [6.07, 6.45) is 4.98. The highest BCUT2D eigenvalue weighted by molar-refractivity contribution is 5.87. The van der Waals surface area contributed by atoms with Crippen LogP contribution in [-0.2, 0) is 10.8 Å². The Morgan fingerprint density at radius 1 is 0.943 bits per heavy atom. The fourth-order valence-electron chi connectivity index (χ4n) is 5.03.